The summed E-state index contributed by atoms with van der Waals surface area (Å²) in [6.45, 7) is 0. The predicted molar refractivity (Wildman–Crippen MR) is 146 cm³/mol. The highest BCUT2D eigenvalue weighted by Gasteiger charge is 2.52. The topological polar surface area (TPSA) is 16.1 Å². The van der Waals surface area contributed by atoms with Gasteiger partial charge in [-0.1, -0.05) is 97.1 Å². The van der Waals surface area contributed by atoms with E-state index in [1.165, 1.54) is 66.7 Å². The molecule has 166 valence electrons. The molecule has 0 fully saturated rings. The Labute approximate surface area is 209 Å². The standard InChI is InChI=1S/C34H20N2/c1-3-14-26-22(10-1)23-11-2-4-15-27(23)34(26)28-16-5-6-17-30(28)36-32-29(34)19-18-21-9-7-12-24(31(21)32)25-13-8-20-35-33(25)36/h1-20H. The monoisotopic (exact) mass is 456 g/mol. The van der Waals surface area contributed by atoms with Gasteiger partial charge in [0.05, 0.1) is 16.8 Å². The van der Waals surface area contributed by atoms with Crippen LogP contribution in [0, 0.1) is 0 Å². The van der Waals surface area contributed by atoms with Gasteiger partial charge in [0.2, 0.25) is 0 Å². The van der Waals surface area contributed by atoms with E-state index < -0.39 is 0 Å². The molecule has 5 aromatic carbocycles. The molecule has 0 unspecified atom stereocenters. The maximum absolute atomic E-state index is 4.96. The fourth-order valence-corrected chi connectivity index (χ4v) is 7.19. The fourth-order valence-electron chi connectivity index (χ4n) is 7.19. The number of anilines is 3. The lowest BCUT2D eigenvalue weighted by molar-refractivity contribution is 0.753. The van der Waals surface area contributed by atoms with Crippen molar-refractivity contribution >= 4 is 28.0 Å². The first-order valence-corrected chi connectivity index (χ1v) is 12.5. The van der Waals surface area contributed by atoms with Crippen molar-refractivity contribution in [3.8, 4) is 22.3 Å². The maximum Gasteiger partial charge on any atom is 0.145 e. The summed E-state index contributed by atoms with van der Waals surface area (Å²) < 4.78 is 0. The van der Waals surface area contributed by atoms with Crippen LogP contribution in [-0.2, 0) is 5.41 Å². The van der Waals surface area contributed by atoms with Crippen molar-refractivity contribution in [3.63, 3.8) is 0 Å². The van der Waals surface area contributed by atoms with Gasteiger partial charge in [0.15, 0.2) is 0 Å². The third-order valence-corrected chi connectivity index (χ3v) is 8.44. The second-order valence-corrected chi connectivity index (χ2v) is 9.93. The predicted octanol–water partition coefficient (Wildman–Crippen LogP) is 8.36. The minimum atomic E-state index is -0.386. The summed E-state index contributed by atoms with van der Waals surface area (Å²) in [6, 6.07) is 42.5. The van der Waals surface area contributed by atoms with E-state index in [1.807, 2.05) is 12.3 Å². The normalized spacial score (nSPS) is 14.8. The lowest BCUT2D eigenvalue weighted by Crippen LogP contribution is -2.37. The van der Waals surface area contributed by atoms with Gasteiger partial charge in [0.1, 0.15) is 5.82 Å². The van der Waals surface area contributed by atoms with Gasteiger partial charge < -0.3 is 0 Å². The Hall–Kier alpha value is -4.69. The molecule has 0 radical (unpaired) electrons. The molecule has 6 aromatic rings. The van der Waals surface area contributed by atoms with Gasteiger partial charge in [-0.05, 0) is 62.5 Å². The smallest absolute Gasteiger partial charge is 0.145 e. The lowest BCUT2D eigenvalue weighted by Gasteiger charge is -2.46. The van der Waals surface area contributed by atoms with Crippen molar-refractivity contribution < 1.29 is 0 Å². The van der Waals surface area contributed by atoms with Crippen LogP contribution in [-0.4, -0.2) is 4.98 Å². The zero-order valence-electron chi connectivity index (χ0n) is 19.4. The second kappa shape index (κ2) is 6.30. The Kier molecular flexibility index (Phi) is 3.26. The van der Waals surface area contributed by atoms with Crippen LogP contribution in [0.5, 0.6) is 0 Å². The molecule has 0 atom stereocenters. The third-order valence-electron chi connectivity index (χ3n) is 8.44. The summed E-state index contributed by atoms with van der Waals surface area (Å²) >= 11 is 0. The van der Waals surface area contributed by atoms with Crippen molar-refractivity contribution in [2.45, 2.75) is 5.41 Å². The molecule has 36 heavy (non-hydrogen) atoms. The van der Waals surface area contributed by atoms with E-state index in [2.05, 4.69) is 114 Å². The van der Waals surface area contributed by atoms with Crippen LogP contribution >= 0.6 is 0 Å². The quantitative estimate of drug-likeness (QED) is 0.228. The molecule has 9 rings (SSSR count). The molecular weight excluding hydrogens is 436 g/mol. The summed E-state index contributed by atoms with van der Waals surface area (Å²) in [7, 11) is 0. The number of aromatic nitrogens is 1. The van der Waals surface area contributed by atoms with E-state index in [4.69, 9.17) is 4.98 Å². The van der Waals surface area contributed by atoms with Crippen LogP contribution in [0.1, 0.15) is 22.3 Å². The first-order valence-electron chi connectivity index (χ1n) is 12.5. The summed E-state index contributed by atoms with van der Waals surface area (Å²) in [5, 5.41) is 2.58. The number of hydrogen-bond acceptors (Lipinski definition) is 2. The third kappa shape index (κ3) is 1.93. The van der Waals surface area contributed by atoms with E-state index >= 15 is 0 Å². The van der Waals surface area contributed by atoms with Crippen LogP contribution in [0.2, 0.25) is 0 Å². The molecule has 0 saturated heterocycles. The Morgan fingerprint density at radius 2 is 1.17 bits per heavy atom. The Bertz CT molecular complexity index is 1870. The molecule has 0 saturated carbocycles. The number of benzene rings is 5. The highest BCUT2D eigenvalue weighted by atomic mass is 15.2. The minimum Gasteiger partial charge on any atom is -0.293 e. The summed E-state index contributed by atoms with van der Waals surface area (Å²) in [5.74, 6) is 1.01. The largest absolute Gasteiger partial charge is 0.293 e. The molecule has 1 aliphatic carbocycles. The molecule has 0 amide bonds. The van der Waals surface area contributed by atoms with Gasteiger partial charge in [0.25, 0.3) is 0 Å². The van der Waals surface area contributed by atoms with E-state index in [9.17, 15) is 0 Å². The summed E-state index contributed by atoms with van der Waals surface area (Å²) in [6.07, 6.45) is 1.92. The van der Waals surface area contributed by atoms with Crippen molar-refractivity contribution in [1.29, 1.82) is 0 Å². The molecule has 2 nitrogen and oxygen atoms in total. The molecule has 1 spiro atoms. The van der Waals surface area contributed by atoms with Crippen LogP contribution < -0.4 is 4.90 Å². The van der Waals surface area contributed by atoms with Crippen LogP contribution in [0.15, 0.2) is 121 Å². The number of para-hydroxylation sites is 1. The zero-order chi connectivity index (χ0) is 23.4. The van der Waals surface area contributed by atoms with Gasteiger partial charge in [-0.3, -0.25) is 4.90 Å². The van der Waals surface area contributed by atoms with Gasteiger partial charge in [-0.25, -0.2) is 4.98 Å². The average molecular weight is 457 g/mol. The van der Waals surface area contributed by atoms with Crippen molar-refractivity contribution in [3.05, 3.63) is 144 Å². The van der Waals surface area contributed by atoms with Gasteiger partial charge in [-0.2, -0.15) is 0 Å². The van der Waals surface area contributed by atoms with Crippen LogP contribution in [0.25, 0.3) is 33.0 Å². The van der Waals surface area contributed by atoms with Gasteiger partial charge in [0, 0.05) is 17.1 Å². The molecule has 3 aliphatic rings. The minimum absolute atomic E-state index is 0.386. The number of pyridine rings is 1. The molecule has 0 bridgehead atoms. The molecule has 0 N–H and O–H groups in total. The Morgan fingerprint density at radius 1 is 0.500 bits per heavy atom. The van der Waals surface area contributed by atoms with E-state index in [1.54, 1.807) is 0 Å². The van der Waals surface area contributed by atoms with Crippen LogP contribution in [0.3, 0.4) is 0 Å². The first-order chi connectivity index (χ1) is 17.9. The number of fused-ring (bicyclic) bond motifs is 12. The van der Waals surface area contributed by atoms with E-state index in [0.717, 1.165) is 5.82 Å². The zero-order valence-corrected chi connectivity index (χ0v) is 19.4. The fraction of sp³-hybridized carbons (Fsp3) is 0.0294. The molecule has 3 heterocycles. The Balaban J connectivity index is 1.57. The molecule has 2 aliphatic heterocycles. The van der Waals surface area contributed by atoms with Crippen molar-refractivity contribution in [1.82, 2.24) is 4.98 Å². The maximum atomic E-state index is 4.96. The average Bonchev–Trinajstić information content (AvgIpc) is 3.24. The second-order valence-electron chi connectivity index (χ2n) is 9.93. The van der Waals surface area contributed by atoms with Gasteiger partial charge in [-0.15, -0.1) is 0 Å². The first kappa shape index (κ1) is 18.6. The van der Waals surface area contributed by atoms with Gasteiger partial charge >= 0.3 is 0 Å². The SMILES string of the molecule is c1ccc2c(c1)-c1ccccc1C21c2ccccc2N2c3ncccc3-c3cccc4ccc1c2c34. The van der Waals surface area contributed by atoms with Crippen molar-refractivity contribution in [2.75, 3.05) is 4.90 Å². The number of nitrogens with zero attached hydrogens (tertiary/aromatic N) is 2. The van der Waals surface area contributed by atoms with Crippen LogP contribution in [0.4, 0.5) is 17.2 Å². The number of hydrogen-bond donors (Lipinski definition) is 0. The molecular formula is C34H20N2. The highest BCUT2D eigenvalue weighted by Crippen LogP contribution is 2.66. The van der Waals surface area contributed by atoms with Crippen molar-refractivity contribution in [2.24, 2.45) is 0 Å². The molecule has 1 aromatic heterocycles. The van der Waals surface area contributed by atoms with E-state index in [0.29, 0.717) is 0 Å². The summed E-state index contributed by atoms with van der Waals surface area (Å²) in [4.78, 5) is 7.38. The Morgan fingerprint density at radius 3 is 1.97 bits per heavy atom. The highest BCUT2D eigenvalue weighted by molar-refractivity contribution is 6.16. The number of rotatable bonds is 0. The van der Waals surface area contributed by atoms with E-state index in [-0.39, 0.29) is 5.41 Å². The molecule has 2 heteroatoms. The summed E-state index contributed by atoms with van der Waals surface area (Å²) in [5.41, 5.74) is 12.5. The lowest BCUT2D eigenvalue weighted by atomic mass is 9.63.